The molecule has 0 aromatic rings. The van der Waals surface area contributed by atoms with Crippen LogP contribution in [0.3, 0.4) is 0 Å². The topological polar surface area (TPSA) is 44.7 Å². The second-order valence-corrected chi connectivity index (χ2v) is 4.93. The first-order chi connectivity index (χ1) is 7.24. The van der Waals surface area contributed by atoms with Crippen molar-refractivity contribution in [2.24, 2.45) is 0 Å². The molecule has 2 rings (SSSR count). The Bertz CT molecular complexity index is 201. The molecule has 1 aliphatic heterocycles. The molecule has 1 saturated heterocycles. The molecule has 15 heavy (non-hydrogen) atoms. The lowest BCUT2D eigenvalue weighted by molar-refractivity contribution is -0.0283. The van der Waals surface area contributed by atoms with Crippen molar-refractivity contribution in [2.45, 2.75) is 30.9 Å². The number of rotatable bonds is 4. The molecule has 2 N–H and O–H groups in total. The highest BCUT2D eigenvalue weighted by Gasteiger charge is 2.36. The van der Waals surface area contributed by atoms with E-state index in [2.05, 4.69) is 17.3 Å². The van der Waals surface area contributed by atoms with Crippen LogP contribution in [0.1, 0.15) is 19.3 Å². The molecular formula is C11H22N2O2. The molecule has 0 bridgehead atoms. The van der Waals surface area contributed by atoms with Crippen LogP contribution in [0.4, 0.5) is 0 Å². The molecular weight excluding hydrogens is 192 g/mol. The molecule has 0 aromatic carbocycles. The number of morpholine rings is 1. The van der Waals surface area contributed by atoms with Gasteiger partial charge in [-0.1, -0.05) is 0 Å². The molecule has 1 unspecified atom stereocenters. The Morgan fingerprint density at radius 3 is 2.87 bits per heavy atom. The normalized spacial score (nSPS) is 31.2. The largest absolute Gasteiger partial charge is 0.394 e. The van der Waals surface area contributed by atoms with Crippen molar-refractivity contribution in [1.29, 1.82) is 0 Å². The van der Waals surface area contributed by atoms with E-state index < -0.39 is 0 Å². The van der Waals surface area contributed by atoms with Crippen LogP contribution in [0, 0.1) is 0 Å². The van der Waals surface area contributed by atoms with Gasteiger partial charge in [0.25, 0.3) is 0 Å². The van der Waals surface area contributed by atoms with Crippen molar-refractivity contribution >= 4 is 0 Å². The minimum atomic E-state index is 0.0133. The van der Waals surface area contributed by atoms with Gasteiger partial charge in [-0.3, -0.25) is 0 Å². The van der Waals surface area contributed by atoms with Crippen molar-refractivity contribution in [1.82, 2.24) is 10.2 Å². The molecule has 0 radical (unpaired) electrons. The number of nitrogens with zero attached hydrogens (tertiary/aromatic N) is 1. The zero-order valence-electron chi connectivity index (χ0n) is 9.54. The summed E-state index contributed by atoms with van der Waals surface area (Å²) in [6.07, 6.45) is 3.73. The zero-order chi connectivity index (χ0) is 10.7. The van der Waals surface area contributed by atoms with Crippen LogP contribution in [0.15, 0.2) is 0 Å². The highest BCUT2D eigenvalue weighted by molar-refractivity contribution is 4.96. The second kappa shape index (κ2) is 4.78. The standard InChI is InChI=1S/C11H22N2O2/c1-13-5-6-15-10(8-13)7-12-11(9-14)3-2-4-11/h10,12,14H,2-9H2,1H3. The Morgan fingerprint density at radius 1 is 1.53 bits per heavy atom. The number of aliphatic hydroxyl groups excluding tert-OH is 1. The van der Waals surface area contributed by atoms with Gasteiger partial charge in [0.15, 0.2) is 0 Å². The van der Waals surface area contributed by atoms with Gasteiger partial charge in [-0.2, -0.15) is 0 Å². The number of ether oxygens (including phenoxy) is 1. The number of nitrogens with one attached hydrogen (secondary N) is 1. The van der Waals surface area contributed by atoms with E-state index in [1.165, 1.54) is 6.42 Å². The summed E-state index contributed by atoms with van der Waals surface area (Å²) in [6, 6.07) is 0. The molecule has 0 amide bonds. The van der Waals surface area contributed by atoms with E-state index in [1.54, 1.807) is 0 Å². The Balaban J connectivity index is 1.72. The zero-order valence-corrected chi connectivity index (χ0v) is 9.54. The SMILES string of the molecule is CN1CCOC(CNC2(CO)CCC2)C1. The smallest absolute Gasteiger partial charge is 0.0826 e. The van der Waals surface area contributed by atoms with E-state index in [-0.39, 0.29) is 18.2 Å². The summed E-state index contributed by atoms with van der Waals surface area (Å²) in [6.45, 7) is 3.98. The van der Waals surface area contributed by atoms with Gasteiger partial charge in [-0.05, 0) is 26.3 Å². The van der Waals surface area contributed by atoms with E-state index in [9.17, 15) is 5.11 Å². The van der Waals surface area contributed by atoms with Crippen LogP contribution in [-0.4, -0.2) is 61.5 Å². The van der Waals surface area contributed by atoms with Crippen LogP contribution >= 0.6 is 0 Å². The molecule has 1 saturated carbocycles. The van der Waals surface area contributed by atoms with Crippen molar-refractivity contribution < 1.29 is 9.84 Å². The quantitative estimate of drug-likeness (QED) is 0.681. The highest BCUT2D eigenvalue weighted by Crippen LogP contribution is 2.31. The molecule has 2 fully saturated rings. The van der Waals surface area contributed by atoms with Crippen molar-refractivity contribution in [3.8, 4) is 0 Å². The maximum absolute atomic E-state index is 9.30. The summed E-state index contributed by atoms with van der Waals surface area (Å²) >= 11 is 0. The maximum Gasteiger partial charge on any atom is 0.0826 e. The van der Waals surface area contributed by atoms with Gasteiger partial charge in [-0.25, -0.2) is 0 Å². The summed E-state index contributed by atoms with van der Waals surface area (Å²) in [7, 11) is 2.13. The molecule has 4 heteroatoms. The average Bonchev–Trinajstić information content (AvgIpc) is 2.17. The maximum atomic E-state index is 9.30. The Morgan fingerprint density at radius 2 is 2.33 bits per heavy atom. The van der Waals surface area contributed by atoms with E-state index in [0.29, 0.717) is 0 Å². The number of aliphatic hydroxyl groups is 1. The monoisotopic (exact) mass is 214 g/mol. The molecule has 1 aliphatic carbocycles. The third-order valence-electron chi connectivity index (χ3n) is 3.66. The first kappa shape index (κ1) is 11.3. The third-order valence-corrected chi connectivity index (χ3v) is 3.66. The van der Waals surface area contributed by atoms with Crippen molar-refractivity contribution in [3.05, 3.63) is 0 Å². The lowest BCUT2D eigenvalue weighted by Crippen LogP contribution is -2.57. The molecule has 4 nitrogen and oxygen atoms in total. The molecule has 88 valence electrons. The second-order valence-electron chi connectivity index (χ2n) is 4.93. The predicted molar refractivity (Wildman–Crippen MR) is 58.9 cm³/mol. The average molecular weight is 214 g/mol. The number of hydrogen-bond donors (Lipinski definition) is 2. The van der Waals surface area contributed by atoms with Crippen LogP contribution in [0.5, 0.6) is 0 Å². The van der Waals surface area contributed by atoms with E-state index in [0.717, 1.165) is 39.1 Å². The predicted octanol–water partition coefficient (Wildman–Crippen LogP) is -0.178. The Kier molecular flexibility index (Phi) is 3.61. The van der Waals surface area contributed by atoms with Gasteiger partial charge >= 0.3 is 0 Å². The van der Waals surface area contributed by atoms with Crippen LogP contribution in [0.2, 0.25) is 0 Å². The van der Waals surface area contributed by atoms with Gasteiger partial charge in [0.05, 0.1) is 19.3 Å². The molecule has 2 aliphatic rings. The van der Waals surface area contributed by atoms with Gasteiger partial charge in [0.2, 0.25) is 0 Å². The first-order valence-corrected chi connectivity index (χ1v) is 5.90. The Hall–Kier alpha value is -0.160. The summed E-state index contributed by atoms with van der Waals surface area (Å²) in [5, 5.41) is 12.8. The fraction of sp³-hybridized carbons (Fsp3) is 1.00. The minimum Gasteiger partial charge on any atom is -0.394 e. The summed E-state index contributed by atoms with van der Waals surface area (Å²) < 4.78 is 5.67. The molecule has 1 atom stereocenters. The van der Waals surface area contributed by atoms with Crippen LogP contribution in [-0.2, 0) is 4.74 Å². The van der Waals surface area contributed by atoms with E-state index in [4.69, 9.17) is 4.74 Å². The van der Waals surface area contributed by atoms with E-state index >= 15 is 0 Å². The summed E-state index contributed by atoms with van der Waals surface area (Å²) in [4.78, 5) is 2.29. The molecule has 0 spiro atoms. The first-order valence-electron chi connectivity index (χ1n) is 5.90. The van der Waals surface area contributed by atoms with Crippen molar-refractivity contribution in [2.75, 3.05) is 39.9 Å². The summed E-state index contributed by atoms with van der Waals surface area (Å²) in [5.41, 5.74) is 0.0133. The van der Waals surface area contributed by atoms with Gasteiger partial charge in [0.1, 0.15) is 0 Å². The lowest BCUT2D eigenvalue weighted by Gasteiger charge is -2.43. The van der Waals surface area contributed by atoms with Gasteiger partial charge in [-0.15, -0.1) is 0 Å². The van der Waals surface area contributed by atoms with Crippen molar-refractivity contribution in [3.63, 3.8) is 0 Å². The lowest BCUT2D eigenvalue weighted by atomic mass is 9.77. The van der Waals surface area contributed by atoms with Crippen LogP contribution < -0.4 is 5.32 Å². The number of hydrogen-bond acceptors (Lipinski definition) is 4. The fourth-order valence-electron chi connectivity index (χ4n) is 2.31. The van der Waals surface area contributed by atoms with E-state index in [1.807, 2.05) is 0 Å². The fourth-order valence-corrected chi connectivity index (χ4v) is 2.31. The van der Waals surface area contributed by atoms with Gasteiger partial charge in [0, 0.05) is 25.2 Å². The molecule has 0 aromatic heterocycles. The minimum absolute atomic E-state index is 0.0133. The Labute approximate surface area is 91.6 Å². The number of likely N-dealkylation sites (N-methyl/N-ethyl adjacent to an activating group) is 1. The van der Waals surface area contributed by atoms with Gasteiger partial charge < -0.3 is 20.1 Å². The third kappa shape index (κ3) is 2.69. The van der Waals surface area contributed by atoms with Crippen LogP contribution in [0.25, 0.3) is 0 Å². The molecule has 1 heterocycles. The highest BCUT2D eigenvalue weighted by atomic mass is 16.5. The summed E-state index contributed by atoms with van der Waals surface area (Å²) in [5.74, 6) is 0.